The second kappa shape index (κ2) is 6.91. The Bertz CT molecular complexity index is 388. The third-order valence-corrected chi connectivity index (χ3v) is 4.33. The van der Waals surface area contributed by atoms with Crippen molar-refractivity contribution < 1.29 is 9.53 Å². The first-order valence-corrected chi connectivity index (χ1v) is 7.78. The molecule has 0 bridgehead atoms. The number of ether oxygens (including phenoxy) is 1. The molecule has 0 radical (unpaired) electrons. The van der Waals surface area contributed by atoms with E-state index in [0.29, 0.717) is 13.1 Å². The molecule has 0 aromatic carbocycles. The zero-order chi connectivity index (χ0) is 13.7. The third kappa shape index (κ3) is 3.94. The molecule has 2 amide bonds. The Hall–Kier alpha value is -1.07. The molecule has 5 heteroatoms. The standard InChI is InChI=1S/C14H22N2O2S/c1-3-16(10-12-6-5-9-19-12)14(17)15-11(2)13-7-4-8-18-13/h5-6,9,11,13H,3-4,7-8,10H2,1-2H3,(H,15,17). The molecule has 1 aromatic heterocycles. The number of carbonyl (C=O) groups excluding carboxylic acids is 1. The van der Waals surface area contributed by atoms with E-state index < -0.39 is 0 Å². The van der Waals surface area contributed by atoms with E-state index in [1.165, 1.54) is 4.88 Å². The molecular weight excluding hydrogens is 260 g/mol. The second-order valence-electron chi connectivity index (χ2n) is 4.88. The summed E-state index contributed by atoms with van der Waals surface area (Å²) < 4.78 is 5.60. The van der Waals surface area contributed by atoms with Crippen LogP contribution in [0.5, 0.6) is 0 Å². The molecule has 2 atom stereocenters. The number of carbonyl (C=O) groups is 1. The molecule has 1 aliphatic heterocycles. The Morgan fingerprint density at radius 3 is 3.11 bits per heavy atom. The molecular formula is C14H22N2O2S. The maximum absolute atomic E-state index is 12.2. The highest BCUT2D eigenvalue weighted by atomic mass is 32.1. The molecule has 0 spiro atoms. The molecule has 1 fully saturated rings. The summed E-state index contributed by atoms with van der Waals surface area (Å²) in [6.45, 7) is 6.23. The van der Waals surface area contributed by atoms with Crippen molar-refractivity contribution in [3.8, 4) is 0 Å². The van der Waals surface area contributed by atoms with Crippen molar-refractivity contribution in [2.45, 2.75) is 45.4 Å². The van der Waals surface area contributed by atoms with Gasteiger partial charge < -0.3 is 15.0 Å². The number of nitrogens with zero attached hydrogens (tertiary/aromatic N) is 1. The topological polar surface area (TPSA) is 41.6 Å². The van der Waals surface area contributed by atoms with Gasteiger partial charge in [-0.25, -0.2) is 4.79 Å². The van der Waals surface area contributed by atoms with Crippen molar-refractivity contribution in [3.05, 3.63) is 22.4 Å². The molecule has 0 aliphatic carbocycles. The fourth-order valence-corrected chi connectivity index (χ4v) is 3.01. The highest BCUT2D eigenvalue weighted by Crippen LogP contribution is 2.16. The van der Waals surface area contributed by atoms with Crippen molar-refractivity contribution in [3.63, 3.8) is 0 Å². The van der Waals surface area contributed by atoms with E-state index >= 15 is 0 Å². The Balaban J connectivity index is 1.85. The molecule has 0 saturated carbocycles. The van der Waals surface area contributed by atoms with E-state index in [0.717, 1.165) is 19.4 Å². The Kier molecular flexibility index (Phi) is 5.22. The molecule has 1 saturated heterocycles. The smallest absolute Gasteiger partial charge is 0.318 e. The van der Waals surface area contributed by atoms with Gasteiger partial charge in [-0.1, -0.05) is 6.07 Å². The molecule has 2 heterocycles. The van der Waals surface area contributed by atoms with Gasteiger partial charge in [0.1, 0.15) is 0 Å². The van der Waals surface area contributed by atoms with Crippen molar-refractivity contribution in [2.24, 2.45) is 0 Å². The van der Waals surface area contributed by atoms with Crippen LogP contribution in [-0.2, 0) is 11.3 Å². The zero-order valence-corrected chi connectivity index (χ0v) is 12.4. The maximum atomic E-state index is 12.2. The van der Waals surface area contributed by atoms with Gasteiger partial charge in [-0.15, -0.1) is 11.3 Å². The van der Waals surface area contributed by atoms with E-state index in [1.54, 1.807) is 11.3 Å². The van der Waals surface area contributed by atoms with Crippen LogP contribution in [0.25, 0.3) is 0 Å². The average molecular weight is 282 g/mol. The van der Waals surface area contributed by atoms with Crippen LogP contribution in [-0.4, -0.2) is 36.2 Å². The van der Waals surface area contributed by atoms with Gasteiger partial charge >= 0.3 is 6.03 Å². The Labute approximate surface area is 118 Å². The number of thiophene rings is 1. The minimum absolute atomic E-state index is 0.00102. The van der Waals surface area contributed by atoms with Crippen LogP contribution in [0.2, 0.25) is 0 Å². The molecule has 4 nitrogen and oxygen atoms in total. The summed E-state index contributed by atoms with van der Waals surface area (Å²) in [4.78, 5) is 15.3. The average Bonchev–Trinajstić information content (AvgIpc) is 3.08. The third-order valence-electron chi connectivity index (χ3n) is 3.47. The van der Waals surface area contributed by atoms with Crippen molar-refractivity contribution in [1.82, 2.24) is 10.2 Å². The summed E-state index contributed by atoms with van der Waals surface area (Å²) in [6, 6.07) is 4.15. The van der Waals surface area contributed by atoms with Gasteiger partial charge in [-0.2, -0.15) is 0 Å². The van der Waals surface area contributed by atoms with Gasteiger partial charge in [-0.3, -0.25) is 0 Å². The fraction of sp³-hybridized carbons (Fsp3) is 0.643. The van der Waals surface area contributed by atoms with Crippen LogP contribution in [0.3, 0.4) is 0 Å². The second-order valence-corrected chi connectivity index (χ2v) is 5.92. The van der Waals surface area contributed by atoms with E-state index in [1.807, 2.05) is 30.2 Å². The van der Waals surface area contributed by atoms with Gasteiger partial charge in [0.25, 0.3) is 0 Å². The summed E-state index contributed by atoms with van der Waals surface area (Å²) in [5, 5.41) is 5.09. The number of urea groups is 1. The first-order valence-electron chi connectivity index (χ1n) is 6.90. The summed E-state index contributed by atoms with van der Waals surface area (Å²) in [7, 11) is 0. The number of hydrogen-bond acceptors (Lipinski definition) is 3. The molecule has 1 aromatic rings. The number of nitrogens with one attached hydrogen (secondary N) is 1. The van der Waals surface area contributed by atoms with Gasteiger partial charge in [-0.05, 0) is 38.1 Å². The highest BCUT2D eigenvalue weighted by molar-refractivity contribution is 7.09. The Morgan fingerprint density at radius 1 is 1.68 bits per heavy atom. The fourth-order valence-electron chi connectivity index (χ4n) is 2.29. The van der Waals surface area contributed by atoms with Crippen molar-refractivity contribution in [1.29, 1.82) is 0 Å². The van der Waals surface area contributed by atoms with Gasteiger partial charge in [0.05, 0.1) is 18.7 Å². The monoisotopic (exact) mass is 282 g/mol. The lowest BCUT2D eigenvalue weighted by Crippen LogP contribution is -2.47. The minimum atomic E-state index is -0.00102. The number of rotatable bonds is 5. The normalized spacial score (nSPS) is 20.2. The predicted molar refractivity (Wildman–Crippen MR) is 77.4 cm³/mol. The van der Waals surface area contributed by atoms with Crippen LogP contribution in [0.1, 0.15) is 31.6 Å². The molecule has 106 valence electrons. The molecule has 1 N–H and O–H groups in total. The molecule has 2 unspecified atom stereocenters. The lowest BCUT2D eigenvalue weighted by Gasteiger charge is -2.26. The first kappa shape index (κ1) is 14.3. The Morgan fingerprint density at radius 2 is 2.53 bits per heavy atom. The van der Waals surface area contributed by atoms with E-state index in [2.05, 4.69) is 11.4 Å². The van der Waals surface area contributed by atoms with Gasteiger partial charge in [0, 0.05) is 18.0 Å². The van der Waals surface area contributed by atoms with Crippen LogP contribution in [0, 0.1) is 0 Å². The van der Waals surface area contributed by atoms with Crippen molar-refractivity contribution >= 4 is 17.4 Å². The highest BCUT2D eigenvalue weighted by Gasteiger charge is 2.25. The van der Waals surface area contributed by atoms with Gasteiger partial charge in [0.15, 0.2) is 0 Å². The lowest BCUT2D eigenvalue weighted by atomic mass is 10.1. The lowest BCUT2D eigenvalue weighted by molar-refractivity contribution is 0.0832. The summed E-state index contributed by atoms with van der Waals surface area (Å²) in [5.74, 6) is 0. The minimum Gasteiger partial charge on any atom is -0.376 e. The zero-order valence-electron chi connectivity index (χ0n) is 11.6. The summed E-state index contributed by atoms with van der Waals surface area (Å²) >= 11 is 1.68. The van der Waals surface area contributed by atoms with Crippen LogP contribution < -0.4 is 5.32 Å². The first-order chi connectivity index (χ1) is 9.20. The SMILES string of the molecule is CCN(Cc1cccs1)C(=O)NC(C)C1CCCO1. The summed E-state index contributed by atoms with van der Waals surface area (Å²) in [5.41, 5.74) is 0. The summed E-state index contributed by atoms with van der Waals surface area (Å²) in [6.07, 6.45) is 2.31. The molecule has 2 rings (SSSR count). The van der Waals surface area contributed by atoms with Crippen LogP contribution >= 0.6 is 11.3 Å². The largest absolute Gasteiger partial charge is 0.376 e. The van der Waals surface area contributed by atoms with Crippen LogP contribution in [0.15, 0.2) is 17.5 Å². The molecule has 1 aliphatic rings. The van der Waals surface area contributed by atoms with E-state index in [-0.39, 0.29) is 18.2 Å². The predicted octanol–water partition coefficient (Wildman–Crippen LogP) is 2.85. The van der Waals surface area contributed by atoms with Crippen LogP contribution in [0.4, 0.5) is 4.79 Å². The van der Waals surface area contributed by atoms with Crippen molar-refractivity contribution in [2.75, 3.05) is 13.2 Å². The number of hydrogen-bond donors (Lipinski definition) is 1. The molecule has 19 heavy (non-hydrogen) atoms. The van der Waals surface area contributed by atoms with E-state index in [9.17, 15) is 4.79 Å². The maximum Gasteiger partial charge on any atom is 0.318 e. The quantitative estimate of drug-likeness (QED) is 0.902. The number of amides is 2. The van der Waals surface area contributed by atoms with E-state index in [4.69, 9.17) is 4.74 Å². The van der Waals surface area contributed by atoms with Gasteiger partial charge in [0.2, 0.25) is 0 Å².